The van der Waals surface area contributed by atoms with Gasteiger partial charge in [-0.2, -0.15) is 0 Å². The summed E-state index contributed by atoms with van der Waals surface area (Å²) in [7, 11) is -0.935. The first-order valence-corrected chi connectivity index (χ1v) is 9.81. The summed E-state index contributed by atoms with van der Waals surface area (Å²) in [6.07, 6.45) is 4.57. The van der Waals surface area contributed by atoms with Crippen LogP contribution in [-0.4, -0.2) is 8.07 Å². The summed E-state index contributed by atoms with van der Waals surface area (Å²) in [4.78, 5) is 0. The molecule has 0 nitrogen and oxygen atoms in total. The molecule has 0 amide bonds. The molecule has 82 valence electrons. The minimum atomic E-state index is -0.935. The van der Waals surface area contributed by atoms with Gasteiger partial charge in [0.1, 0.15) is 0 Å². The largest absolute Gasteiger partial charge is 0.0866 e. The first-order chi connectivity index (χ1) is 6.88. The number of benzene rings is 1. The monoisotopic (exact) mass is 282 g/mol. The van der Waals surface area contributed by atoms with E-state index in [1.54, 1.807) is 0 Å². The highest BCUT2D eigenvalue weighted by Gasteiger charge is 2.09. The molecule has 0 saturated carbocycles. The van der Waals surface area contributed by atoms with Crippen molar-refractivity contribution in [3.05, 3.63) is 39.9 Å². The summed E-state index contributed by atoms with van der Waals surface area (Å²) in [5, 5.41) is 0. The van der Waals surface area contributed by atoms with Gasteiger partial charge < -0.3 is 0 Å². The van der Waals surface area contributed by atoms with Gasteiger partial charge in [-0.3, -0.25) is 0 Å². The Bertz CT molecular complexity index is 361. The van der Waals surface area contributed by atoms with E-state index in [4.69, 9.17) is 0 Å². The van der Waals surface area contributed by atoms with Crippen molar-refractivity contribution < 1.29 is 0 Å². The average Bonchev–Trinajstić information content (AvgIpc) is 2.07. The Kier molecular flexibility index (Phi) is 4.35. The molecule has 0 unspecified atom stereocenters. The maximum absolute atomic E-state index is 3.48. The number of rotatable bonds is 3. The zero-order chi connectivity index (χ0) is 11.5. The van der Waals surface area contributed by atoms with Crippen LogP contribution in [0.5, 0.6) is 0 Å². The Morgan fingerprint density at radius 3 is 2.47 bits per heavy atom. The number of halogens is 1. The van der Waals surface area contributed by atoms with Crippen molar-refractivity contribution in [3.8, 4) is 0 Å². The summed E-state index contributed by atoms with van der Waals surface area (Å²) in [6, 6.07) is 7.68. The van der Waals surface area contributed by atoms with E-state index in [9.17, 15) is 0 Å². The zero-order valence-corrected chi connectivity index (χ0v) is 12.6. The van der Waals surface area contributed by atoms with E-state index < -0.39 is 8.07 Å². The standard InChI is InChI=1S/C13H19BrSi/c1-11-10-13(14)8-7-12(11)6-5-9-15(2,3)4/h5-8,10H,9H2,1-4H3. The van der Waals surface area contributed by atoms with Crippen molar-refractivity contribution in [3.63, 3.8) is 0 Å². The Balaban J connectivity index is 2.73. The highest BCUT2D eigenvalue weighted by atomic mass is 79.9. The number of allylic oxidation sites excluding steroid dienone is 1. The van der Waals surface area contributed by atoms with Crippen LogP contribution in [0.3, 0.4) is 0 Å². The van der Waals surface area contributed by atoms with Crippen molar-refractivity contribution in [1.82, 2.24) is 0 Å². The van der Waals surface area contributed by atoms with Crippen molar-refractivity contribution in [2.75, 3.05) is 0 Å². The van der Waals surface area contributed by atoms with Crippen LogP contribution in [0.1, 0.15) is 11.1 Å². The molecule has 0 heterocycles. The molecular weight excluding hydrogens is 264 g/mol. The molecule has 0 aliphatic heterocycles. The molecule has 0 aromatic heterocycles. The van der Waals surface area contributed by atoms with Gasteiger partial charge >= 0.3 is 0 Å². The maximum atomic E-state index is 3.48. The Hall–Kier alpha value is -0.343. The van der Waals surface area contributed by atoms with Gasteiger partial charge in [0.2, 0.25) is 0 Å². The van der Waals surface area contributed by atoms with E-state index in [0.717, 1.165) is 4.47 Å². The zero-order valence-electron chi connectivity index (χ0n) is 9.97. The van der Waals surface area contributed by atoms with Gasteiger partial charge in [0.05, 0.1) is 0 Å². The molecule has 0 fully saturated rings. The predicted octanol–water partition coefficient (Wildman–Crippen LogP) is 5.11. The van der Waals surface area contributed by atoms with Crippen LogP contribution in [0.15, 0.2) is 28.7 Å². The lowest BCUT2D eigenvalue weighted by atomic mass is 10.1. The lowest BCUT2D eigenvalue weighted by Gasteiger charge is -2.11. The third-order valence-electron chi connectivity index (χ3n) is 2.26. The van der Waals surface area contributed by atoms with E-state index >= 15 is 0 Å². The van der Waals surface area contributed by atoms with Gasteiger partial charge in [-0.15, -0.1) is 0 Å². The summed E-state index contributed by atoms with van der Waals surface area (Å²) >= 11 is 3.48. The third kappa shape index (κ3) is 4.80. The van der Waals surface area contributed by atoms with Crippen LogP contribution >= 0.6 is 15.9 Å². The van der Waals surface area contributed by atoms with Crippen LogP contribution in [-0.2, 0) is 0 Å². The van der Waals surface area contributed by atoms with E-state index in [2.05, 4.69) is 72.8 Å². The minimum absolute atomic E-state index is 0.935. The summed E-state index contributed by atoms with van der Waals surface area (Å²) in [5.41, 5.74) is 2.66. The van der Waals surface area contributed by atoms with Gasteiger partial charge in [-0.05, 0) is 36.2 Å². The topological polar surface area (TPSA) is 0 Å². The average molecular weight is 283 g/mol. The predicted molar refractivity (Wildman–Crippen MR) is 76.1 cm³/mol. The number of hydrogen-bond acceptors (Lipinski definition) is 0. The summed E-state index contributed by atoms with van der Waals surface area (Å²) in [6.45, 7) is 9.34. The van der Waals surface area contributed by atoms with Crippen LogP contribution in [0.4, 0.5) is 0 Å². The maximum Gasteiger partial charge on any atom is 0.0480 e. The fourth-order valence-corrected chi connectivity index (χ4v) is 2.67. The van der Waals surface area contributed by atoms with Gasteiger partial charge in [0, 0.05) is 12.5 Å². The third-order valence-corrected chi connectivity index (χ3v) is 4.21. The quantitative estimate of drug-likeness (QED) is 0.676. The second kappa shape index (κ2) is 5.13. The summed E-state index contributed by atoms with van der Waals surface area (Å²) in [5.74, 6) is 0. The van der Waals surface area contributed by atoms with Crippen LogP contribution in [0.2, 0.25) is 25.7 Å². The van der Waals surface area contributed by atoms with E-state index in [1.165, 1.54) is 17.2 Å². The first-order valence-electron chi connectivity index (χ1n) is 5.31. The van der Waals surface area contributed by atoms with E-state index in [0.29, 0.717) is 0 Å². The summed E-state index contributed by atoms with van der Waals surface area (Å²) < 4.78 is 1.15. The van der Waals surface area contributed by atoms with Gasteiger partial charge in [0.25, 0.3) is 0 Å². The molecule has 1 aromatic rings. The molecule has 0 bridgehead atoms. The molecule has 0 N–H and O–H groups in total. The minimum Gasteiger partial charge on any atom is -0.0866 e. The van der Waals surface area contributed by atoms with Crippen molar-refractivity contribution in [2.45, 2.75) is 32.6 Å². The normalized spacial score (nSPS) is 12.3. The molecule has 1 aromatic carbocycles. The van der Waals surface area contributed by atoms with E-state index in [-0.39, 0.29) is 0 Å². The van der Waals surface area contributed by atoms with E-state index in [1.807, 2.05) is 0 Å². The Morgan fingerprint density at radius 2 is 1.93 bits per heavy atom. The molecule has 0 aliphatic rings. The van der Waals surface area contributed by atoms with Gasteiger partial charge in [0.15, 0.2) is 0 Å². The van der Waals surface area contributed by atoms with Gasteiger partial charge in [-0.1, -0.05) is 53.8 Å². The van der Waals surface area contributed by atoms with Crippen LogP contribution in [0.25, 0.3) is 6.08 Å². The SMILES string of the molecule is Cc1cc(Br)ccc1C=CC[Si](C)(C)C. The molecule has 0 spiro atoms. The molecule has 0 aliphatic carbocycles. The highest BCUT2D eigenvalue weighted by molar-refractivity contribution is 9.10. The molecule has 0 saturated heterocycles. The van der Waals surface area contributed by atoms with Crippen LogP contribution in [0, 0.1) is 6.92 Å². The molecule has 15 heavy (non-hydrogen) atoms. The second-order valence-corrected chi connectivity index (χ2v) is 11.6. The molecular formula is C13H19BrSi. The lowest BCUT2D eigenvalue weighted by molar-refractivity contribution is 1.42. The molecule has 1 rings (SSSR count). The fraction of sp³-hybridized carbons (Fsp3) is 0.385. The van der Waals surface area contributed by atoms with Gasteiger partial charge in [-0.25, -0.2) is 0 Å². The van der Waals surface area contributed by atoms with Crippen molar-refractivity contribution in [2.24, 2.45) is 0 Å². The molecule has 2 heteroatoms. The molecule has 0 radical (unpaired) electrons. The Labute approximate surface area is 103 Å². The van der Waals surface area contributed by atoms with Crippen LogP contribution < -0.4 is 0 Å². The smallest absolute Gasteiger partial charge is 0.0480 e. The number of aryl methyl sites for hydroxylation is 1. The van der Waals surface area contributed by atoms with Crippen molar-refractivity contribution in [1.29, 1.82) is 0 Å². The second-order valence-electron chi connectivity index (χ2n) is 5.17. The fourth-order valence-electron chi connectivity index (χ4n) is 1.37. The first kappa shape index (κ1) is 12.7. The van der Waals surface area contributed by atoms with Crippen molar-refractivity contribution >= 4 is 30.1 Å². The molecule has 0 atom stereocenters. The lowest BCUT2D eigenvalue weighted by Crippen LogP contribution is -2.17. The highest BCUT2D eigenvalue weighted by Crippen LogP contribution is 2.18. The Morgan fingerprint density at radius 1 is 1.27 bits per heavy atom. The number of hydrogen-bond donors (Lipinski definition) is 0.